The Morgan fingerprint density at radius 1 is 1.39 bits per heavy atom. The van der Waals surface area contributed by atoms with Crippen LogP contribution in [-0.4, -0.2) is 17.4 Å². The van der Waals surface area contributed by atoms with Gasteiger partial charge in [-0.1, -0.05) is 6.92 Å². The van der Waals surface area contributed by atoms with Crippen molar-refractivity contribution in [3.8, 4) is 0 Å². The van der Waals surface area contributed by atoms with Crippen LogP contribution < -0.4 is 5.01 Å². The molecule has 0 fully saturated rings. The fourth-order valence-electron chi connectivity index (χ4n) is 1.91. The zero-order chi connectivity index (χ0) is 13.3. The molecule has 18 heavy (non-hydrogen) atoms. The van der Waals surface area contributed by atoms with E-state index in [2.05, 4.69) is 5.10 Å². The van der Waals surface area contributed by atoms with E-state index in [9.17, 15) is 14.0 Å². The fraction of sp³-hybridized carbons (Fsp3) is 0.308. The highest BCUT2D eigenvalue weighted by molar-refractivity contribution is 6.26. The van der Waals surface area contributed by atoms with Crippen molar-refractivity contribution in [1.29, 1.82) is 0 Å². The molecule has 1 heterocycles. The van der Waals surface area contributed by atoms with E-state index in [0.717, 1.165) is 5.01 Å². The second-order valence-electron chi connectivity index (χ2n) is 4.12. The number of hydrogen-bond acceptors (Lipinski definition) is 3. The minimum Gasteiger partial charge on any atom is -0.298 e. The Hall–Kier alpha value is -2.04. The molecule has 1 aromatic rings. The predicted octanol–water partition coefficient (Wildman–Crippen LogP) is 2.14. The summed E-state index contributed by atoms with van der Waals surface area (Å²) in [6.07, 6.45) is 0.292. The van der Waals surface area contributed by atoms with Crippen molar-refractivity contribution in [1.82, 2.24) is 0 Å². The molecule has 1 aromatic carbocycles. The molecular weight excluding hydrogens is 235 g/mol. The zero-order valence-electron chi connectivity index (χ0n) is 10.2. The molecular formula is C13H13FN2O2. The Bertz CT molecular complexity index is 522. The van der Waals surface area contributed by atoms with E-state index in [-0.39, 0.29) is 17.5 Å². The number of anilines is 1. The van der Waals surface area contributed by atoms with Crippen LogP contribution in [0.25, 0.3) is 0 Å². The van der Waals surface area contributed by atoms with Crippen LogP contribution in [-0.2, 0) is 9.59 Å². The van der Waals surface area contributed by atoms with Crippen LogP contribution in [0.15, 0.2) is 29.4 Å². The zero-order valence-corrected chi connectivity index (χ0v) is 10.2. The lowest BCUT2D eigenvalue weighted by Gasteiger charge is -2.13. The standard InChI is InChI=1S/C13H13FN2O2/c1-3-11(17)12-8(2)15-16(13(12)18)10-6-4-9(14)5-7-10/h4-7,12H,3H2,1-2H3. The third-order valence-electron chi connectivity index (χ3n) is 2.87. The summed E-state index contributed by atoms with van der Waals surface area (Å²) in [6.45, 7) is 3.36. The summed E-state index contributed by atoms with van der Waals surface area (Å²) in [5.41, 5.74) is 0.948. The van der Waals surface area contributed by atoms with Gasteiger partial charge in [0.25, 0.3) is 5.91 Å². The number of benzene rings is 1. The molecule has 1 amide bonds. The molecule has 0 aliphatic carbocycles. The third-order valence-corrected chi connectivity index (χ3v) is 2.87. The van der Waals surface area contributed by atoms with Gasteiger partial charge in [0, 0.05) is 6.42 Å². The van der Waals surface area contributed by atoms with Gasteiger partial charge >= 0.3 is 0 Å². The van der Waals surface area contributed by atoms with Crippen LogP contribution in [0, 0.1) is 11.7 Å². The van der Waals surface area contributed by atoms with E-state index in [1.807, 2.05) is 0 Å². The van der Waals surface area contributed by atoms with Crippen molar-refractivity contribution in [3.63, 3.8) is 0 Å². The molecule has 94 valence electrons. The van der Waals surface area contributed by atoms with E-state index >= 15 is 0 Å². The lowest BCUT2D eigenvalue weighted by atomic mass is 9.97. The second-order valence-corrected chi connectivity index (χ2v) is 4.12. The number of ketones is 1. The summed E-state index contributed by atoms with van der Waals surface area (Å²) in [6, 6.07) is 5.43. The van der Waals surface area contributed by atoms with E-state index < -0.39 is 5.92 Å². The summed E-state index contributed by atoms with van der Waals surface area (Å²) in [5, 5.41) is 5.24. The van der Waals surface area contributed by atoms with Crippen molar-refractivity contribution in [2.75, 3.05) is 5.01 Å². The monoisotopic (exact) mass is 248 g/mol. The van der Waals surface area contributed by atoms with Gasteiger partial charge in [-0.2, -0.15) is 10.1 Å². The molecule has 0 aromatic heterocycles. The number of amides is 1. The van der Waals surface area contributed by atoms with E-state index in [1.54, 1.807) is 13.8 Å². The van der Waals surface area contributed by atoms with Crippen molar-refractivity contribution >= 4 is 23.1 Å². The first-order chi connectivity index (χ1) is 8.54. The molecule has 0 radical (unpaired) electrons. The van der Waals surface area contributed by atoms with Crippen molar-refractivity contribution in [2.45, 2.75) is 20.3 Å². The van der Waals surface area contributed by atoms with Gasteiger partial charge in [0.05, 0.1) is 11.4 Å². The first-order valence-corrected chi connectivity index (χ1v) is 5.72. The van der Waals surface area contributed by atoms with Crippen molar-refractivity contribution < 1.29 is 14.0 Å². The normalized spacial score (nSPS) is 19.1. The Morgan fingerprint density at radius 2 is 2.00 bits per heavy atom. The number of hydrogen-bond donors (Lipinski definition) is 0. The van der Waals surface area contributed by atoms with Gasteiger partial charge < -0.3 is 0 Å². The van der Waals surface area contributed by atoms with E-state index in [1.165, 1.54) is 24.3 Å². The Kier molecular flexibility index (Phi) is 3.23. The van der Waals surface area contributed by atoms with Crippen LogP contribution in [0.4, 0.5) is 10.1 Å². The minimum absolute atomic E-state index is 0.147. The second kappa shape index (κ2) is 4.68. The lowest BCUT2D eigenvalue weighted by molar-refractivity contribution is -0.128. The minimum atomic E-state index is -0.792. The average molecular weight is 248 g/mol. The van der Waals surface area contributed by atoms with Crippen LogP contribution in [0.1, 0.15) is 20.3 Å². The van der Waals surface area contributed by atoms with Gasteiger partial charge in [0.1, 0.15) is 11.7 Å². The number of rotatable bonds is 3. The predicted molar refractivity (Wildman–Crippen MR) is 65.8 cm³/mol. The molecule has 1 aliphatic rings. The Balaban J connectivity index is 2.30. The van der Waals surface area contributed by atoms with Crippen molar-refractivity contribution in [3.05, 3.63) is 30.1 Å². The van der Waals surface area contributed by atoms with Gasteiger partial charge in [0.15, 0.2) is 5.78 Å². The fourth-order valence-corrected chi connectivity index (χ4v) is 1.91. The first kappa shape index (κ1) is 12.4. The van der Waals surface area contributed by atoms with Gasteiger partial charge in [-0.15, -0.1) is 0 Å². The van der Waals surface area contributed by atoms with Gasteiger partial charge in [-0.25, -0.2) is 4.39 Å². The Morgan fingerprint density at radius 3 is 2.56 bits per heavy atom. The lowest BCUT2D eigenvalue weighted by Crippen LogP contribution is -2.32. The molecule has 0 bridgehead atoms. The van der Waals surface area contributed by atoms with Crippen LogP contribution in [0.5, 0.6) is 0 Å². The maximum absolute atomic E-state index is 12.8. The van der Waals surface area contributed by atoms with Crippen LogP contribution in [0.3, 0.4) is 0 Å². The summed E-state index contributed by atoms with van der Waals surface area (Å²) in [7, 11) is 0. The van der Waals surface area contributed by atoms with Crippen LogP contribution in [0.2, 0.25) is 0 Å². The SMILES string of the molecule is CCC(=O)C1C(=O)N(c2ccc(F)cc2)N=C1C. The maximum Gasteiger partial charge on any atom is 0.263 e. The highest BCUT2D eigenvalue weighted by Gasteiger charge is 2.38. The molecule has 1 unspecified atom stereocenters. The number of nitrogens with zero attached hydrogens (tertiary/aromatic N) is 2. The summed E-state index contributed by atoms with van der Waals surface area (Å²) in [5.74, 6) is -1.69. The smallest absolute Gasteiger partial charge is 0.263 e. The molecule has 4 nitrogen and oxygen atoms in total. The average Bonchev–Trinajstić information content (AvgIpc) is 2.65. The molecule has 0 saturated carbocycles. The van der Waals surface area contributed by atoms with Gasteiger partial charge in [-0.3, -0.25) is 9.59 Å². The molecule has 0 N–H and O–H groups in total. The summed E-state index contributed by atoms with van der Waals surface area (Å²) >= 11 is 0. The molecule has 0 spiro atoms. The van der Waals surface area contributed by atoms with Crippen molar-refractivity contribution in [2.24, 2.45) is 11.0 Å². The quantitative estimate of drug-likeness (QED) is 0.769. The summed E-state index contributed by atoms with van der Waals surface area (Å²) < 4.78 is 12.8. The van der Waals surface area contributed by atoms with E-state index in [0.29, 0.717) is 17.8 Å². The Labute approximate surface area is 104 Å². The highest BCUT2D eigenvalue weighted by atomic mass is 19.1. The molecule has 5 heteroatoms. The summed E-state index contributed by atoms with van der Waals surface area (Å²) in [4.78, 5) is 23.8. The van der Waals surface area contributed by atoms with Gasteiger partial charge in [0.2, 0.25) is 0 Å². The number of hydrazone groups is 1. The number of carbonyl (C=O) groups is 2. The van der Waals surface area contributed by atoms with Crippen LogP contribution >= 0.6 is 0 Å². The topological polar surface area (TPSA) is 49.7 Å². The largest absolute Gasteiger partial charge is 0.298 e. The molecule has 0 saturated heterocycles. The maximum atomic E-state index is 12.8. The molecule has 2 rings (SSSR count). The molecule has 1 atom stereocenters. The highest BCUT2D eigenvalue weighted by Crippen LogP contribution is 2.25. The van der Waals surface area contributed by atoms with E-state index in [4.69, 9.17) is 0 Å². The number of halogens is 1. The first-order valence-electron chi connectivity index (χ1n) is 5.72. The number of Topliss-reactive ketones (excluding diaryl/α,β-unsaturated/α-hetero) is 1. The molecule has 1 aliphatic heterocycles. The third kappa shape index (κ3) is 2.03. The van der Waals surface area contributed by atoms with Gasteiger partial charge in [-0.05, 0) is 31.2 Å². The number of carbonyl (C=O) groups excluding carboxylic acids is 2.